The second-order valence-electron chi connectivity index (χ2n) is 5.45. The van der Waals surface area contributed by atoms with Crippen molar-refractivity contribution in [1.82, 2.24) is 5.32 Å². The van der Waals surface area contributed by atoms with Gasteiger partial charge in [-0.2, -0.15) is 0 Å². The topological polar surface area (TPSA) is 58.6 Å². The second-order valence-corrected chi connectivity index (χ2v) is 5.45. The number of carbonyl (C=O) groups excluding carboxylic acids is 1. The van der Waals surface area contributed by atoms with Crippen molar-refractivity contribution < 1.29 is 19.0 Å². The molecule has 0 spiro atoms. The Morgan fingerprint density at radius 1 is 1.59 bits per heavy atom. The van der Waals surface area contributed by atoms with Crippen molar-refractivity contribution in [2.75, 3.05) is 6.61 Å². The highest BCUT2D eigenvalue weighted by molar-refractivity contribution is 5.67. The summed E-state index contributed by atoms with van der Waals surface area (Å²) >= 11 is 0. The molecule has 2 rings (SSSR count). The Kier molecular flexibility index (Phi) is 5.40. The van der Waals surface area contributed by atoms with Gasteiger partial charge in [0.25, 0.3) is 0 Å². The third kappa shape index (κ3) is 4.74. The zero-order valence-corrected chi connectivity index (χ0v) is 12.6. The molecule has 1 aliphatic rings. The van der Waals surface area contributed by atoms with E-state index < -0.39 is 11.7 Å². The molecule has 118 valence electrons. The highest BCUT2D eigenvalue weighted by atomic mass is 19.1. The van der Waals surface area contributed by atoms with Crippen LogP contribution in [0, 0.1) is 17.7 Å². The van der Waals surface area contributed by atoms with Gasteiger partial charge >= 0.3 is 6.09 Å². The van der Waals surface area contributed by atoms with Crippen molar-refractivity contribution in [1.29, 1.82) is 0 Å². The summed E-state index contributed by atoms with van der Waals surface area (Å²) in [5.74, 6) is 5.28. The summed E-state index contributed by atoms with van der Waals surface area (Å²) < 4.78 is 18.0. The standard InChI is InChI=1S/C17H20FNO3/c1-2-22-16(20)19-15-7-4-9-17(21,12-15)10-8-13-5-3-6-14(18)11-13/h3,5-6,11,15,21H,2,4,7,9,12H2,1H3,(H,19,20)/t15-,17+/m0/s1. The first-order chi connectivity index (χ1) is 10.5. The zero-order valence-electron chi connectivity index (χ0n) is 12.6. The molecule has 4 nitrogen and oxygen atoms in total. The first kappa shape index (κ1) is 16.3. The number of rotatable bonds is 2. The van der Waals surface area contributed by atoms with Crippen LogP contribution in [0.1, 0.15) is 38.2 Å². The van der Waals surface area contributed by atoms with Crippen molar-refractivity contribution in [2.45, 2.75) is 44.2 Å². The van der Waals surface area contributed by atoms with Crippen molar-refractivity contribution in [3.05, 3.63) is 35.6 Å². The van der Waals surface area contributed by atoms with E-state index in [9.17, 15) is 14.3 Å². The molecule has 1 saturated carbocycles. The van der Waals surface area contributed by atoms with Crippen LogP contribution in [0.15, 0.2) is 24.3 Å². The van der Waals surface area contributed by atoms with Gasteiger partial charge in [0.05, 0.1) is 6.61 Å². The van der Waals surface area contributed by atoms with Crippen molar-refractivity contribution in [3.8, 4) is 11.8 Å². The van der Waals surface area contributed by atoms with E-state index in [1.807, 2.05) is 0 Å². The minimum Gasteiger partial charge on any atom is -0.450 e. The average Bonchev–Trinajstić information content (AvgIpc) is 2.46. The van der Waals surface area contributed by atoms with E-state index in [-0.39, 0.29) is 11.9 Å². The van der Waals surface area contributed by atoms with E-state index in [4.69, 9.17) is 4.74 Å². The van der Waals surface area contributed by atoms with Crippen LogP contribution in [0.5, 0.6) is 0 Å². The first-order valence-corrected chi connectivity index (χ1v) is 7.45. The van der Waals surface area contributed by atoms with Gasteiger partial charge in [0.2, 0.25) is 0 Å². The number of benzene rings is 1. The van der Waals surface area contributed by atoms with Crippen molar-refractivity contribution in [3.63, 3.8) is 0 Å². The zero-order chi connectivity index (χ0) is 16.0. The van der Waals surface area contributed by atoms with E-state index in [2.05, 4.69) is 17.2 Å². The van der Waals surface area contributed by atoms with Gasteiger partial charge in [-0.05, 0) is 44.4 Å². The van der Waals surface area contributed by atoms with Gasteiger partial charge in [0.1, 0.15) is 11.4 Å². The molecule has 1 aliphatic carbocycles. The van der Waals surface area contributed by atoms with Crippen LogP contribution in [0.25, 0.3) is 0 Å². The van der Waals surface area contributed by atoms with Gasteiger partial charge in [-0.3, -0.25) is 0 Å². The molecule has 1 aromatic carbocycles. The number of amides is 1. The van der Waals surface area contributed by atoms with Gasteiger partial charge in [-0.25, -0.2) is 9.18 Å². The SMILES string of the molecule is CCOC(=O)N[C@H]1CCC[C@@](O)(C#Cc2cccc(F)c2)C1. The van der Waals surface area contributed by atoms with Gasteiger partial charge in [-0.15, -0.1) is 0 Å². The summed E-state index contributed by atoms with van der Waals surface area (Å²) in [5, 5.41) is 13.3. The fourth-order valence-electron chi connectivity index (χ4n) is 2.58. The summed E-state index contributed by atoms with van der Waals surface area (Å²) in [5.41, 5.74) is -0.650. The molecule has 22 heavy (non-hydrogen) atoms. The molecule has 0 aromatic heterocycles. The Morgan fingerprint density at radius 2 is 2.41 bits per heavy atom. The van der Waals surface area contributed by atoms with E-state index in [1.54, 1.807) is 19.1 Å². The summed E-state index contributed by atoms with van der Waals surface area (Å²) in [6, 6.07) is 5.78. The lowest BCUT2D eigenvalue weighted by atomic mass is 9.82. The molecule has 5 heteroatoms. The number of hydrogen-bond donors (Lipinski definition) is 2. The summed E-state index contributed by atoms with van der Waals surface area (Å²) in [6.45, 7) is 2.05. The minimum atomic E-state index is -1.17. The molecule has 0 unspecified atom stereocenters. The summed E-state index contributed by atoms with van der Waals surface area (Å²) in [6.07, 6.45) is 1.94. The molecule has 1 amide bonds. The smallest absolute Gasteiger partial charge is 0.407 e. The first-order valence-electron chi connectivity index (χ1n) is 7.45. The molecule has 0 aliphatic heterocycles. The number of hydrogen-bond acceptors (Lipinski definition) is 3. The lowest BCUT2D eigenvalue weighted by Crippen LogP contribution is -2.45. The summed E-state index contributed by atoms with van der Waals surface area (Å²) in [4.78, 5) is 11.4. The van der Waals surface area contributed by atoms with Crippen LogP contribution in [-0.4, -0.2) is 29.4 Å². The molecule has 0 bridgehead atoms. The normalized spacial score (nSPS) is 24.0. The largest absolute Gasteiger partial charge is 0.450 e. The molecule has 2 N–H and O–H groups in total. The van der Waals surface area contributed by atoms with Gasteiger partial charge < -0.3 is 15.2 Å². The Hall–Kier alpha value is -2.06. The molecule has 1 aromatic rings. The molecule has 1 fully saturated rings. The van der Waals surface area contributed by atoms with Crippen LogP contribution < -0.4 is 5.32 Å². The second kappa shape index (κ2) is 7.28. The maximum atomic E-state index is 13.1. The Bertz CT molecular complexity index is 593. The van der Waals surface area contributed by atoms with E-state index in [0.717, 1.165) is 12.8 Å². The van der Waals surface area contributed by atoms with Crippen LogP contribution in [0.3, 0.4) is 0 Å². The number of nitrogens with one attached hydrogen (secondary N) is 1. The lowest BCUT2D eigenvalue weighted by molar-refractivity contribution is 0.0455. The van der Waals surface area contributed by atoms with E-state index in [1.165, 1.54) is 12.1 Å². The van der Waals surface area contributed by atoms with Gasteiger partial charge in [-0.1, -0.05) is 17.9 Å². The molecule has 0 heterocycles. The van der Waals surface area contributed by atoms with E-state index in [0.29, 0.717) is 25.0 Å². The van der Waals surface area contributed by atoms with Crippen LogP contribution in [-0.2, 0) is 4.74 Å². The molecule has 0 saturated heterocycles. The van der Waals surface area contributed by atoms with Crippen LogP contribution in [0.2, 0.25) is 0 Å². The van der Waals surface area contributed by atoms with E-state index >= 15 is 0 Å². The number of halogens is 1. The third-order valence-corrected chi connectivity index (χ3v) is 3.59. The Balaban J connectivity index is 2.02. The van der Waals surface area contributed by atoms with Crippen molar-refractivity contribution >= 4 is 6.09 Å². The number of ether oxygens (including phenoxy) is 1. The maximum absolute atomic E-state index is 13.1. The predicted octanol–water partition coefficient (Wildman–Crippen LogP) is 2.60. The third-order valence-electron chi connectivity index (χ3n) is 3.59. The number of carbonyl (C=O) groups is 1. The average molecular weight is 305 g/mol. The highest BCUT2D eigenvalue weighted by Crippen LogP contribution is 2.28. The van der Waals surface area contributed by atoms with Crippen LogP contribution >= 0.6 is 0 Å². The van der Waals surface area contributed by atoms with Gasteiger partial charge in [0, 0.05) is 18.0 Å². The number of aliphatic hydroxyl groups is 1. The monoisotopic (exact) mass is 305 g/mol. The Morgan fingerprint density at radius 3 is 3.14 bits per heavy atom. The molecule has 2 atom stereocenters. The van der Waals surface area contributed by atoms with Crippen LogP contribution in [0.4, 0.5) is 9.18 Å². The lowest BCUT2D eigenvalue weighted by Gasteiger charge is -2.33. The minimum absolute atomic E-state index is 0.167. The predicted molar refractivity (Wildman–Crippen MR) is 80.6 cm³/mol. The summed E-state index contributed by atoms with van der Waals surface area (Å²) in [7, 11) is 0. The quantitative estimate of drug-likeness (QED) is 0.826. The highest BCUT2D eigenvalue weighted by Gasteiger charge is 2.33. The number of alkyl carbamates (subject to hydrolysis) is 1. The maximum Gasteiger partial charge on any atom is 0.407 e. The van der Waals surface area contributed by atoms with Crippen molar-refractivity contribution in [2.24, 2.45) is 0 Å². The Labute approximate surface area is 129 Å². The molecular formula is C17H20FNO3. The fourth-order valence-corrected chi connectivity index (χ4v) is 2.58. The molecule has 0 radical (unpaired) electrons. The van der Waals surface area contributed by atoms with Gasteiger partial charge in [0.15, 0.2) is 0 Å². The molecular weight excluding hydrogens is 285 g/mol. The fraction of sp³-hybridized carbons (Fsp3) is 0.471.